The molecule has 112 valence electrons. The molecule has 0 aliphatic carbocycles. The first-order chi connectivity index (χ1) is 9.88. The topological polar surface area (TPSA) is 141 Å². The second-order valence-corrected chi connectivity index (χ2v) is 6.93. The molecule has 0 amide bonds. The van der Waals surface area contributed by atoms with E-state index >= 15 is 0 Å². The van der Waals surface area contributed by atoms with Crippen LogP contribution >= 0.6 is 11.3 Å². The number of nitrogen functional groups attached to an aromatic ring is 1. The lowest BCUT2D eigenvalue weighted by atomic mass is 10.1. The maximum Gasteiger partial charge on any atom is 0.269 e. The zero-order valence-corrected chi connectivity index (χ0v) is 12.2. The van der Waals surface area contributed by atoms with Crippen molar-refractivity contribution in [2.45, 2.75) is 10.8 Å². The van der Waals surface area contributed by atoms with E-state index < -0.39 is 14.9 Å². The molecule has 3 N–H and O–H groups in total. The van der Waals surface area contributed by atoms with Gasteiger partial charge in [0.1, 0.15) is 0 Å². The molecule has 0 saturated heterocycles. The quantitative estimate of drug-likeness (QED) is 0.582. The summed E-state index contributed by atoms with van der Waals surface area (Å²) in [6.07, 6.45) is 0.394. The first-order valence-electron chi connectivity index (χ1n) is 5.70. The van der Waals surface area contributed by atoms with Crippen LogP contribution in [0.4, 0.5) is 10.8 Å². The standard InChI is InChI=1S/C10H11N5O4S2/c11-9-13-14-10(20-9)21(18,19)12-6-5-7-1-3-8(4-2-7)15(16)17/h1-4,12H,5-6H2,(H2,11,13). The Morgan fingerprint density at radius 2 is 1.95 bits per heavy atom. The summed E-state index contributed by atoms with van der Waals surface area (Å²) in [5.41, 5.74) is 6.10. The zero-order chi connectivity index (χ0) is 15.5. The molecular weight excluding hydrogens is 318 g/mol. The third-order valence-electron chi connectivity index (χ3n) is 2.50. The molecule has 0 spiro atoms. The fourth-order valence-corrected chi connectivity index (χ4v) is 3.36. The summed E-state index contributed by atoms with van der Waals surface area (Å²) in [7, 11) is -3.72. The molecule has 1 aromatic heterocycles. The van der Waals surface area contributed by atoms with Crippen molar-refractivity contribution < 1.29 is 13.3 Å². The first-order valence-corrected chi connectivity index (χ1v) is 8.00. The van der Waals surface area contributed by atoms with Gasteiger partial charge in [0.05, 0.1) is 4.92 Å². The summed E-state index contributed by atoms with van der Waals surface area (Å²) in [5.74, 6) is 0. The molecule has 0 aliphatic rings. The monoisotopic (exact) mass is 329 g/mol. The van der Waals surface area contributed by atoms with E-state index in [2.05, 4.69) is 14.9 Å². The van der Waals surface area contributed by atoms with E-state index in [1.807, 2.05) is 0 Å². The number of nitro groups is 1. The summed E-state index contributed by atoms with van der Waals surface area (Å²) in [4.78, 5) is 10.0. The lowest BCUT2D eigenvalue weighted by molar-refractivity contribution is -0.384. The summed E-state index contributed by atoms with van der Waals surface area (Å²) in [6, 6.07) is 5.90. The van der Waals surface area contributed by atoms with Crippen LogP contribution in [0, 0.1) is 10.1 Å². The molecule has 2 aromatic rings. The average Bonchev–Trinajstić information content (AvgIpc) is 2.87. The summed E-state index contributed by atoms with van der Waals surface area (Å²) in [6.45, 7) is 0.139. The second kappa shape index (κ2) is 6.11. The number of nitrogens with zero attached hydrogens (tertiary/aromatic N) is 3. The van der Waals surface area contributed by atoms with Gasteiger partial charge in [0.25, 0.3) is 15.7 Å². The van der Waals surface area contributed by atoms with E-state index in [-0.39, 0.29) is 21.7 Å². The van der Waals surface area contributed by atoms with Crippen LogP contribution in [0.3, 0.4) is 0 Å². The molecule has 9 nitrogen and oxygen atoms in total. The highest BCUT2D eigenvalue weighted by molar-refractivity contribution is 7.91. The predicted octanol–water partition coefficient (Wildman–Crippen LogP) is 0.550. The Hall–Kier alpha value is -2.11. The Morgan fingerprint density at radius 3 is 2.48 bits per heavy atom. The first kappa shape index (κ1) is 15.3. The van der Waals surface area contributed by atoms with Gasteiger partial charge in [-0.2, -0.15) is 0 Å². The van der Waals surface area contributed by atoms with E-state index in [9.17, 15) is 18.5 Å². The summed E-state index contributed by atoms with van der Waals surface area (Å²) in [5, 5.41) is 17.5. The van der Waals surface area contributed by atoms with Crippen molar-refractivity contribution in [3.05, 3.63) is 39.9 Å². The van der Waals surface area contributed by atoms with Gasteiger partial charge < -0.3 is 5.73 Å². The lowest BCUT2D eigenvalue weighted by Gasteiger charge is -2.03. The number of hydrogen-bond acceptors (Lipinski definition) is 8. The molecule has 11 heteroatoms. The minimum atomic E-state index is -3.72. The van der Waals surface area contributed by atoms with Crippen molar-refractivity contribution in [1.29, 1.82) is 0 Å². The van der Waals surface area contributed by atoms with Gasteiger partial charge in [-0.1, -0.05) is 23.5 Å². The molecule has 0 aliphatic heterocycles. The van der Waals surface area contributed by atoms with Gasteiger partial charge >= 0.3 is 0 Å². The van der Waals surface area contributed by atoms with Crippen molar-refractivity contribution in [1.82, 2.24) is 14.9 Å². The Balaban J connectivity index is 1.93. The van der Waals surface area contributed by atoms with Crippen molar-refractivity contribution in [3.63, 3.8) is 0 Å². The molecule has 0 unspecified atom stereocenters. The number of nitrogens with two attached hydrogens (primary N) is 1. The zero-order valence-electron chi connectivity index (χ0n) is 10.6. The van der Waals surface area contributed by atoms with Gasteiger partial charge in [0.2, 0.25) is 9.47 Å². The largest absolute Gasteiger partial charge is 0.374 e. The molecule has 1 aromatic carbocycles. The van der Waals surface area contributed by atoms with E-state index in [0.29, 0.717) is 6.42 Å². The van der Waals surface area contributed by atoms with Gasteiger partial charge in [0.15, 0.2) is 0 Å². The number of nitrogens with one attached hydrogen (secondary N) is 1. The minimum absolute atomic E-state index is 0.0105. The third kappa shape index (κ3) is 3.93. The number of hydrogen-bond donors (Lipinski definition) is 2. The molecule has 1 heterocycles. The highest BCUT2D eigenvalue weighted by atomic mass is 32.2. The van der Waals surface area contributed by atoms with Gasteiger partial charge in [-0.25, -0.2) is 13.1 Å². The second-order valence-electron chi connectivity index (χ2n) is 3.98. The van der Waals surface area contributed by atoms with Crippen molar-refractivity contribution in [2.75, 3.05) is 12.3 Å². The smallest absolute Gasteiger partial charge is 0.269 e. The summed E-state index contributed by atoms with van der Waals surface area (Å²) < 4.78 is 25.8. The van der Waals surface area contributed by atoms with E-state index in [1.165, 1.54) is 12.1 Å². The SMILES string of the molecule is Nc1nnc(S(=O)(=O)NCCc2ccc([N+](=O)[O-])cc2)s1. The van der Waals surface area contributed by atoms with E-state index in [0.717, 1.165) is 16.9 Å². The molecule has 0 fully saturated rings. The van der Waals surface area contributed by atoms with Crippen molar-refractivity contribution >= 4 is 32.2 Å². The van der Waals surface area contributed by atoms with Gasteiger partial charge in [-0.3, -0.25) is 10.1 Å². The minimum Gasteiger partial charge on any atom is -0.374 e. The lowest BCUT2D eigenvalue weighted by Crippen LogP contribution is -2.25. The third-order valence-corrected chi connectivity index (χ3v) is 5.09. The van der Waals surface area contributed by atoms with Crippen LogP contribution in [-0.4, -0.2) is 30.1 Å². The highest BCUT2D eigenvalue weighted by Crippen LogP contribution is 2.16. The Kier molecular flexibility index (Phi) is 4.45. The van der Waals surface area contributed by atoms with E-state index in [4.69, 9.17) is 5.73 Å². The van der Waals surface area contributed by atoms with Gasteiger partial charge in [-0.15, -0.1) is 10.2 Å². The van der Waals surface area contributed by atoms with Crippen LogP contribution in [0.5, 0.6) is 0 Å². The Morgan fingerprint density at radius 1 is 1.29 bits per heavy atom. The molecular formula is C10H11N5O4S2. The van der Waals surface area contributed by atoms with Crippen LogP contribution in [0.2, 0.25) is 0 Å². The number of sulfonamides is 1. The van der Waals surface area contributed by atoms with Gasteiger partial charge in [0, 0.05) is 18.7 Å². The maximum atomic E-state index is 11.8. The number of non-ortho nitro benzene ring substituents is 1. The number of benzene rings is 1. The number of nitro benzene ring substituents is 1. The fourth-order valence-electron chi connectivity index (χ4n) is 1.50. The van der Waals surface area contributed by atoms with Crippen LogP contribution in [0.25, 0.3) is 0 Å². The van der Waals surface area contributed by atoms with Crippen molar-refractivity contribution in [2.24, 2.45) is 0 Å². The Labute approximate surface area is 124 Å². The summed E-state index contributed by atoms with van der Waals surface area (Å²) >= 11 is 0.776. The predicted molar refractivity (Wildman–Crippen MR) is 76.3 cm³/mol. The number of anilines is 1. The molecule has 0 saturated carbocycles. The van der Waals surface area contributed by atoms with Crippen LogP contribution < -0.4 is 10.5 Å². The fraction of sp³-hybridized carbons (Fsp3) is 0.200. The van der Waals surface area contributed by atoms with E-state index in [1.54, 1.807) is 12.1 Å². The van der Waals surface area contributed by atoms with Gasteiger partial charge in [-0.05, 0) is 12.0 Å². The molecule has 0 atom stereocenters. The molecule has 21 heavy (non-hydrogen) atoms. The average molecular weight is 329 g/mol. The molecule has 2 rings (SSSR count). The van der Waals surface area contributed by atoms with Crippen LogP contribution in [0.15, 0.2) is 28.6 Å². The number of rotatable bonds is 6. The Bertz CT molecular complexity index is 741. The molecule has 0 bridgehead atoms. The highest BCUT2D eigenvalue weighted by Gasteiger charge is 2.18. The van der Waals surface area contributed by atoms with Crippen LogP contribution in [0.1, 0.15) is 5.56 Å². The van der Waals surface area contributed by atoms with Crippen LogP contribution in [-0.2, 0) is 16.4 Å². The maximum absolute atomic E-state index is 11.8. The molecule has 0 radical (unpaired) electrons. The number of aromatic nitrogens is 2. The van der Waals surface area contributed by atoms with Crippen molar-refractivity contribution in [3.8, 4) is 0 Å². The normalized spacial score (nSPS) is 11.4.